The predicted molar refractivity (Wildman–Crippen MR) is 108 cm³/mol. The third-order valence-corrected chi connectivity index (χ3v) is 5.64. The molecule has 2 aromatic heterocycles. The minimum atomic E-state index is -0.308. The van der Waals surface area contributed by atoms with Crippen LogP contribution in [-0.4, -0.2) is 36.6 Å². The maximum absolute atomic E-state index is 12.0. The van der Waals surface area contributed by atoms with Gasteiger partial charge >= 0.3 is 5.97 Å². The van der Waals surface area contributed by atoms with E-state index in [1.54, 1.807) is 18.3 Å². The summed E-state index contributed by atoms with van der Waals surface area (Å²) < 4.78 is 5.09. The van der Waals surface area contributed by atoms with Crippen LogP contribution in [0.5, 0.6) is 0 Å². The lowest BCUT2D eigenvalue weighted by molar-refractivity contribution is 0.0531. The Labute approximate surface area is 162 Å². The summed E-state index contributed by atoms with van der Waals surface area (Å²) >= 11 is 3.07. The van der Waals surface area contributed by atoms with E-state index < -0.39 is 0 Å². The Balaban J connectivity index is 2.01. The van der Waals surface area contributed by atoms with Crippen LogP contribution in [0.15, 0.2) is 21.8 Å². The van der Waals surface area contributed by atoms with Gasteiger partial charge in [-0.3, -0.25) is 4.99 Å². The fourth-order valence-electron chi connectivity index (χ4n) is 2.31. The van der Waals surface area contributed by atoms with Crippen LogP contribution in [-0.2, 0) is 11.2 Å². The Kier molecular flexibility index (Phi) is 8.06. The number of nitrogens with one attached hydrogen (secondary N) is 2. The van der Waals surface area contributed by atoms with Gasteiger partial charge in [-0.15, -0.1) is 11.3 Å². The third-order valence-electron chi connectivity index (χ3n) is 3.59. The average Bonchev–Trinajstić information content (AvgIpc) is 3.25. The Hall–Kier alpha value is -1.93. The Morgan fingerprint density at radius 3 is 2.88 bits per heavy atom. The van der Waals surface area contributed by atoms with Gasteiger partial charge in [0.25, 0.3) is 0 Å². The molecule has 0 fully saturated rings. The Bertz CT molecular complexity index is 726. The first-order chi connectivity index (χ1) is 12.5. The molecule has 1 atom stereocenters. The molecule has 2 heterocycles. The van der Waals surface area contributed by atoms with E-state index >= 15 is 0 Å². The minimum Gasteiger partial charge on any atom is -0.462 e. The van der Waals surface area contributed by atoms with E-state index in [2.05, 4.69) is 37.4 Å². The number of esters is 1. The van der Waals surface area contributed by atoms with Crippen LogP contribution in [0.4, 0.5) is 0 Å². The highest BCUT2D eigenvalue weighted by Gasteiger charge is 2.20. The van der Waals surface area contributed by atoms with Crippen LogP contribution in [0.25, 0.3) is 0 Å². The second kappa shape index (κ2) is 10.3. The van der Waals surface area contributed by atoms with Gasteiger partial charge in [-0.25, -0.2) is 9.78 Å². The number of aromatic nitrogens is 1. The van der Waals surface area contributed by atoms with Gasteiger partial charge in [-0.1, -0.05) is 0 Å². The third kappa shape index (κ3) is 5.81. The van der Waals surface area contributed by atoms with E-state index in [-0.39, 0.29) is 12.0 Å². The van der Waals surface area contributed by atoms with Crippen molar-refractivity contribution in [3.05, 3.63) is 38.0 Å². The van der Waals surface area contributed by atoms with Crippen molar-refractivity contribution in [3.63, 3.8) is 0 Å². The molecule has 0 saturated carbocycles. The van der Waals surface area contributed by atoms with Gasteiger partial charge in [0.1, 0.15) is 9.88 Å². The van der Waals surface area contributed by atoms with Crippen LogP contribution in [0.3, 0.4) is 0 Å². The number of aliphatic imine (C=N–C) groups is 1. The van der Waals surface area contributed by atoms with E-state index in [0.29, 0.717) is 23.7 Å². The number of carbonyl (C=O) groups excluding carboxylic acids is 1. The topological polar surface area (TPSA) is 75.6 Å². The number of aryl methyl sites for hydroxylation is 1. The SMILES string of the molecule is CCNC(=NCCc1ccsc1)NC(C)c1nc(C)c(C(=O)OCC)s1. The molecule has 1 unspecified atom stereocenters. The van der Waals surface area contributed by atoms with Gasteiger partial charge in [0.2, 0.25) is 0 Å². The molecule has 2 N–H and O–H groups in total. The number of carbonyl (C=O) groups is 1. The number of thiazole rings is 1. The number of rotatable bonds is 8. The quantitative estimate of drug-likeness (QED) is 0.407. The standard InChI is InChI=1S/C18H26N4O2S2/c1-5-19-18(20-9-7-14-8-10-25-11-14)22-13(4)16-21-12(3)15(26-16)17(23)24-6-2/h8,10-11,13H,5-7,9H2,1-4H3,(H2,19,20,22). The van der Waals surface area contributed by atoms with Gasteiger partial charge in [0.05, 0.1) is 18.3 Å². The van der Waals surface area contributed by atoms with Crippen LogP contribution in [0.1, 0.15) is 52.7 Å². The molecule has 0 aliphatic heterocycles. The molecule has 6 nitrogen and oxygen atoms in total. The molecule has 0 radical (unpaired) electrons. The molecule has 2 rings (SSSR count). The Morgan fingerprint density at radius 1 is 1.42 bits per heavy atom. The summed E-state index contributed by atoms with van der Waals surface area (Å²) in [7, 11) is 0. The lowest BCUT2D eigenvalue weighted by Gasteiger charge is -2.16. The summed E-state index contributed by atoms with van der Waals surface area (Å²) in [6.07, 6.45) is 0.915. The van der Waals surface area contributed by atoms with E-state index in [1.807, 2.05) is 20.8 Å². The highest BCUT2D eigenvalue weighted by molar-refractivity contribution is 7.13. The number of ether oxygens (including phenoxy) is 1. The largest absolute Gasteiger partial charge is 0.462 e. The smallest absolute Gasteiger partial charge is 0.350 e. The normalized spacial score (nSPS) is 12.7. The van der Waals surface area contributed by atoms with Gasteiger partial charge in [0, 0.05) is 13.1 Å². The second-order valence-corrected chi connectivity index (χ2v) is 7.51. The number of thiophene rings is 1. The zero-order chi connectivity index (χ0) is 18.9. The molecule has 26 heavy (non-hydrogen) atoms. The molecule has 0 aromatic carbocycles. The average molecular weight is 395 g/mol. The minimum absolute atomic E-state index is 0.0548. The first-order valence-electron chi connectivity index (χ1n) is 8.75. The second-order valence-electron chi connectivity index (χ2n) is 5.70. The van der Waals surface area contributed by atoms with Crippen molar-refractivity contribution >= 4 is 34.6 Å². The fourth-order valence-corrected chi connectivity index (χ4v) is 3.97. The monoisotopic (exact) mass is 394 g/mol. The molecule has 0 aliphatic carbocycles. The summed E-state index contributed by atoms with van der Waals surface area (Å²) in [5, 5.41) is 11.7. The molecule has 0 saturated heterocycles. The van der Waals surface area contributed by atoms with E-state index in [0.717, 1.165) is 23.9 Å². The molecule has 0 amide bonds. The van der Waals surface area contributed by atoms with Crippen molar-refractivity contribution in [2.45, 2.75) is 40.2 Å². The zero-order valence-electron chi connectivity index (χ0n) is 15.7. The van der Waals surface area contributed by atoms with Crippen molar-refractivity contribution < 1.29 is 9.53 Å². The zero-order valence-corrected chi connectivity index (χ0v) is 17.3. The lowest BCUT2D eigenvalue weighted by atomic mass is 10.2. The van der Waals surface area contributed by atoms with Crippen LogP contribution in [0, 0.1) is 6.92 Å². The molecular formula is C18H26N4O2S2. The molecule has 2 aromatic rings. The van der Waals surface area contributed by atoms with Crippen molar-refractivity contribution in [1.82, 2.24) is 15.6 Å². The summed E-state index contributed by atoms with van der Waals surface area (Å²) in [5.74, 6) is 0.443. The summed E-state index contributed by atoms with van der Waals surface area (Å²) in [5.41, 5.74) is 2.01. The molecule has 0 spiro atoms. The fraction of sp³-hybridized carbons (Fsp3) is 0.500. The summed E-state index contributed by atoms with van der Waals surface area (Å²) in [6, 6.07) is 2.07. The van der Waals surface area contributed by atoms with Crippen LogP contribution >= 0.6 is 22.7 Å². The van der Waals surface area contributed by atoms with E-state index in [9.17, 15) is 4.79 Å². The molecule has 0 aliphatic rings. The van der Waals surface area contributed by atoms with Gasteiger partial charge < -0.3 is 15.4 Å². The molecular weight excluding hydrogens is 368 g/mol. The molecule has 142 valence electrons. The highest BCUT2D eigenvalue weighted by atomic mass is 32.1. The van der Waals surface area contributed by atoms with Gasteiger partial charge in [-0.2, -0.15) is 11.3 Å². The van der Waals surface area contributed by atoms with Crippen molar-refractivity contribution in [3.8, 4) is 0 Å². The first-order valence-corrected chi connectivity index (χ1v) is 10.5. The van der Waals surface area contributed by atoms with Crippen molar-refractivity contribution in [2.24, 2.45) is 4.99 Å². The van der Waals surface area contributed by atoms with Gasteiger partial charge in [0.15, 0.2) is 5.96 Å². The number of nitrogens with zero attached hydrogens (tertiary/aromatic N) is 2. The number of hydrogen-bond acceptors (Lipinski definition) is 6. The predicted octanol–water partition coefficient (Wildman–Crippen LogP) is 3.55. The lowest BCUT2D eigenvalue weighted by Crippen LogP contribution is -2.38. The van der Waals surface area contributed by atoms with Crippen LogP contribution < -0.4 is 10.6 Å². The Morgan fingerprint density at radius 2 is 2.23 bits per heavy atom. The van der Waals surface area contributed by atoms with E-state index in [4.69, 9.17) is 4.74 Å². The van der Waals surface area contributed by atoms with Gasteiger partial charge in [-0.05, 0) is 56.5 Å². The van der Waals surface area contributed by atoms with Crippen LogP contribution in [0.2, 0.25) is 0 Å². The van der Waals surface area contributed by atoms with Crippen molar-refractivity contribution in [2.75, 3.05) is 19.7 Å². The molecule has 8 heteroatoms. The summed E-state index contributed by atoms with van der Waals surface area (Å²) in [4.78, 5) is 21.7. The summed E-state index contributed by atoms with van der Waals surface area (Å²) in [6.45, 7) is 9.53. The first kappa shape index (κ1) is 20.4. The maximum Gasteiger partial charge on any atom is 0.350 e. The van der Waals surface area contributed by atoms with E-state index in [1.165, 1.54) is 16.9 Å². The highest BCUT2D eigenvalue weighted by Crippen LogP contribution is 2.24. The maximum atomic E-state index is 12.0. The molecule has 0 bridgehead atoms. The van der Waals surface area contributed by atoms with Crippen molar-refractivity contribution in [1.29, 1.82) is 0 Å². The number of guanidine groups is 1. The number of hydrogen-bond donors (Lipinski definition) is 2.